The Balaban J connectivity index is 1.88. The molecule has 0 N–H and O–H groups in total. The van der Waals surface area contributed by atoms with E-state index >= 15 is 0 Å². The molecular weight excluding hydrogens is 336 g/mol. The van der Waals surface area contributed by atoms with Crippen LogP contribution in [0.3, 0.4) is 0 Å². The Morgan fingerprint density at radius 1 is 0.321 bits per heavy atom. The molecule has 0 nitrogen and oxygen atoms in total. The van der Waals surface area contributed by atoms with E-state index in [1.165, 1.54) is 54.2 Å². The summed E-state index contributed by atoms with van der Waals surface area (Å²) in [5, 5.41) is 10.4. The molecule has 0 aliphatic rings. The van der Waals surface area contributed by atoms with Crippen molar-refractivity contribution in [2.45, 2.75) is 0 Å². The first kappa shape index (κ1) is 15.4. The summed E-state index contributed by atoms with van der Waals surface area (Å²) in [5.41, 5.74) is 2.63. The molecule has 0 spiro atoms. The maximum absolute atomic E-state index is 2.35. The first-order valence-electron chi connectivity index (χ1n) is 9.71. The molecule has 6 rings (SSSR count). The molecular formula is C28H18. The Morgan fingerprint density at radius 2 is 0.929 bits per heavy atom. The summed E-state index contributed by atoms with van der Waals surface area (Å²) in [7, 11) is 0. The van der Waals surface area contributed by atoms with Crippen LogP contribution in [0.1, 0.15) is 0 Å². The fraction of sp³-hybridized carbons (Fsp3) is 0. The van der Waals surface area contributed by atoms with Crippen LogP contribution in [-0.2, 0) is 0 Å². The molecule has 0 aromatic heterocycles. The molecule has 0 atom stereocenters. The number of fused-ring (bicyclic) bond motifs is 5. The van der Waals surface area contributed by atoms with Crippen molar-refractivity contribution < 1.29 is 0 Å². The summed E-state index contributed by atoms with van der Waals surface area (Å²) in [6.07, 6.45) is 0. The lowest BCUT2D eigenvalue weighted by Gasteiger charge is -2.15. The highest BCUT2D eigenvalue weighted by molar-refractivity contribution is 6.22. The molecule has 0 fully saturated rings. The molecule has 0 unspecified atom stereocenters. The van der Waals surface area contributed by atoms with Gasteiger partial charge in [-0.05, 0) is 60.3 Å². The van der Waals surface area contributed by atoms with Crippen LogP contribution >= 0.6 is 0 Å². The van der Waals surface area contributed by atoms with E-state index in [9.17, 15) is 0 Å². The van der Waals surface area contributed by atoms with E-state index in [4.69, 9.17) is 0 Å². The fourth-order valence-corrected chi connectivity index (χ4v) is 4.55. The molecule has 0 aliphatic carbocycles. The predicted molar refractivity (Wildman–Crippen MR) is 122 cm³/mol. The van der Waals surface area contributed by atoms with Crippen molar-refractivity contribution in [3.63, 3.8) is 0 Å². The Labute approximate surface area is 163 Å². The van der Waals surface area contributed by atoms with Crippen molar-refractivity contribution in [3.8, 4) is 11.1 Å². The third-order valence-corrected chi connectivity index (χ3v) is 5.83. The Kier molecular flexibility index (Phi) is 3.27. The van der Waals surface area contributed by atoms with Crippen LogP contribution in [-0.4, -0.2) is 0 Å². The molecule has 28 heavy (non-hydrogen) atoms. The molecule has 0 heteroatoms. The SMILES string of the molecule is c1ccc2c(-c3c4ccccc4cc4c3ccc3ccccc34)cccc2c1. The van der Waals surface area contributed by atoms with Crippen LogP contribution in [0, 0.1) is 0 Å². The maximum Gasteiger partial charge on any atom is -0.00204 e. The zero-order valence-electron chi connectivity index (χ0n) is 15.4. The molecule has 0 heterocycles. The van der Waals surface area contributed by atoms with Crippen molar-refractivity contribution in [2.75, 3.05) is 0 Å². The summed E-state index contributed by atoms with van der Waals surface area (Å²) in [5.74, 6) is 0. The third kappa shape index (κ3) is 2.18. The Hall–Kier alpha value is -3.64. The van der Waals surface area contributed by atoms with Gasteiger partial charge in [-0.1, -0.05) is 103 Å². The van der Waals surface area contributed by atoms with Crippen molar-refractivity contribution >= 4 is 43.1 Å². The van der Waals surface area contributed by atoms with Gasteiger partial charge in [0.05, 0.1) is 0 Å². The van der Waals surface area contributed by atoms with E-state index in [-0.39, 0.29) is 0 Å². The van der Waals surface area contributed by atoms with Crippen LogP contribution in [0.5, 0.6) is 0 Å². The fourth-order valence-electron chi connectivity index (χ4n) is 4.55. The van der Waals surface area contributed by atoms with Crippen molar-refractivity contribution in [2.24, 2.45) is 0 Å². The third-order valence-electron chi connectivity index (χ3n) is 5.83. The molecule has 6 aromatic rings. The number of benzene rings is 6. The molecule has 0 aliphatic heterocycles. The smallest absolute Gasteiger partial charge is 0.00204 e. The van der Waals surface area contributed by atoms with Gasteiger partial charge in [-0.15, -0.1) is 0 Å². The summed E-state index contributed by atoms with van der Waals surface area (Å²) < 4.78 is 0. The standard InChI is InChI=1S/C28H18/c1-4-12-22-19(8-1)11-7-15-25(22)28-24-14-6-3-10-21(24)18-27-23-13-5-2-9-20(23)16-17-26(27)28/h1-18H. The minimum Gasteiger partial charge on any atom is -0.0616 e. The molecule has 0 saturated carbocycles. The monoisotopic (exact) mass is 354 g/mol. The normalized spacial score (nSPS) is 11.6. The van der Waals surface area contributed by atoms with E-state index in [1.807, 2.05) is 0 Å². The van der Waals surface area contributed by atoms with E-state index in [0.29, 0.717) is 0 Å². The lowest BCUT2D eigenvalue weighted by molar-refractivity contribution is 1.71. The molecule has 130 valence electrons. The highest BCUT2D eigenvalue weighted by Crippen LogP contribution is 2.41. The van der Waals surface area contributed by atoms with Gasteiger partial charge >= 0.3 is 0 Å². The van der Waals surface area contributed by atoms with E-state index in [1.54, 1.807) is 0 Å². The Morgan fingerprint density at radius 3 is 1.75 bits per heavy atom. The van der Waals surface area contributed by atoms with Crippen molar-refractivity contribution in [1.29, 1.82) is 0 Å². The van der Waals surface area contributed by atoms with E-state index in [0.717, 1.165) is 0 Å². The molecule has 0 amide bonds. The van der Waals surface area contributed by atoms with Gasteiger partial charge in [-0.3, -0.25) is 0 Å². The van der Waals surface area contributed by atoms with E-state index < -0.39 is 0 Å². The van der Waals surface area contributed by atoms with Gasteiger partial charge in [0.1, 0.15) is 0 Å². The average molecular weight is 354 g/mol. The maximum atomic E-state index is 2.35. The van der Waals surface area contributed by atoms with Gasteiger partial charge < -0.3 is 0 Å². The molecule has 0 bridgehead atoms. The number of hydrogen-bond donors (Lipinski definition) is 0. The van der Waals surface area contributed by atoms with Crippen LogP contribution < -0.4 is 0 Å². The minimum atomic E-state index is 1.28. The summed E-state index contributed by atoms with van der Waals surface area (Å²) in [4.78, 5) is 0. The second-order valence-corrected chi connectivity index (χ2v) is 7.38. The second kappa shape index (κ2) is 5.94. The zero-order valence-corrected chi connectivity index (χ0v) is 15.4. The van der Waals surface area contributed by atoms with Gasteiger partial charge in [0.15, 0.2) is 0 Å². The number of rotatable bonds is 1. The van der Waals surface area contributed by atoms with Crippen LogP contribution in [0.25, 0.3) is 54.2 Å². The first-order chi connectivity index (χ1) is 13.9. The number of hydrogen-bond acceptors (Lipinski definition) is 0. The van der Waals surface area contributed by atoms with Gasteiger partial charge in [0.2, 0.25) is 0 Å². The van der Waals surface area contributed by atoms with Gasteiger partial charge in [0, 0.05) is 0 Å². The summed E-state index contributed by atoms with van der Waals surface area (Å²) in [6, 6.07) is 39.6. The largest absolute Gasteiger partial charge is 0.0616 e. The molecule has 6 aromatic carbocycles. The highest BCUT2D eigenvalue weighted by Gasteiger charge is 2.13. The topological polar surface area (TPSA) is 0 Å². The van der Waals surface area contributed by atoms with Crippen molar-refractivity contribution in [1.82, 2.24) is 0 Å². The first-order valence-corrected chi connectivity index (χ1v) is 9.71. The van der Waals surface area contributed by atoms with Gasteiger partial charge in [-0.2, -0.15) is 0 Å². The molecule has 0 saturated heterocycles. The summed E-state index contributed by atoms with van der Waals surface area (Å²) >= 11 is 0. The zero-order chi connectivity index (χ0) is 18.5. The van der Waals surface area contributed by atoms with Gasteiger partial charge in [-0.25, -0.2) is 0 Å². The van der Waals surface area contributed by atoms with Gasteiger partial charge in [0.25, 0.3) is 0 Å². The van der Waals surface area contributed by atoms with E-state index in [2.05, 4.69) is 109 Å². The lowest BCUT2D eigenvalue weighted by atomic mass is 9.88. The summed E-state index contributed by atoms with van der Waals surface area (Å²) in [6.45, 7) is 0. The lowest BCUT2D eigenvalue weighted by Crippen LogP contribution is -1.88. The second-order valence-electron chi connectivity index (χ2n) is 7.38. The minimum absolute atomic E-state index is 1.28. The average Bonchev–Trinajstić information content (AvgIpc) is 2.77. The Bertz CT molecular complexity index is 1500. The van der Waals surface area contributed by atoms with Crippen LogP contribution in [0.15, 0.2) is 109 Å². The van der Waals surface area contributed by atoms with Crippen LogP contribution in [0.2, 0.25) is 0 Å². The quantitative estimate of drug-likeness (QED) is 0.207. The predicted octanol–water partition coefficient (Wildman–Crippen LogP) is 7.97. The van der Waals surface area contributed by atoms with Crippen LogP contribution in [0.4, 0.5) is 0 Å². The van der Waals surface area contributed by atoms with Crippen molar-refractivity contribution in [3.05, 3.63) is 109 Å². The highest BCUT2D eigenvalue weighted by atomic mass is 14.2. The molecule has 0 radical (unpaired) electrons.